The lowest BCUT2D eigenvalue weighted by Crippen LogP contribution is -2.37. The van der Waals surface area contributed by atoms with Crippen LogP contribution in [0.25, 0.3) is 0 Å². The van der Waals surface area contributed by atoms with Crippen molar-refractivity contribution in [1.29, 1.82) is 0 Å². The highest BCUT2D eigenvalue weighted by Crippen LogP contribution is 2.23. The first-order chi connectivity index (χ1) is 13.5. The third-order valence-electron chi connectivity index (χ3n) is 4.46. The predicted octanol–water partition coefficient (Wildman–Crippen LogP) is 3.93. The maximum Gasteiger partial charge on any atom is 0.251 e. The SMILES string of the molecule is O=C(NCCSCc1cccc(Cl)c1)c1ccc(N2CCCCS2(=O)=O)cc1. The number of halogens is 1. The quantitative estimate of drug-likeness (QED) is 0.665. The lowest BCUT2D eigenvalue weighted by Gasteiger charge is -2.28. The van der Waals surface area contributed by atoms with Gasteiger partial charge >= 0.3 is 0 Å². The molecule has 1 N–H and O–H groups in total. The maximum atomic E-state index is 12.3. The molecule has 2 aromatic carbocycles. The predicted molar refractivity (Wildman–Crippen MR) is 117 cm³/mol. The van der Waals surface area contributed by atoms with E-state index in [4.69, 9.17) is 11.6 Å². The molecule has 0 bridgehead atoms. The molecule has 5 nitrogen and oxygen atoms in total. The van der Waals surface area contributed by atoms with E-state index in [0.29, 0.717) is 30.8 Å². The Morgan fingerprint density at radius 2 is 1.93 bits per heavy atom. The molecule has 1 aliphatic heterocycles. The fourth-order valence-corrected chi connectivity index (χ4v) is 5.67. The van der Waals surface area contributed by atoms with Crippen molar-refractivity contribution in [3.05, 3.63) is 64.7 Å². The highest BCUT2D eigenvalue weighted by atomic mass is 35.5. The molecule has 3 rings (SSSR count). The smallest absolute Gasteiger partial charge is 0.251 e. The molecule has 1 amide bonds. The summed E-state index contributed by atoms with van der Waals surface area (Å²) in [7, 11) is -3.23. The second-order valence-electron chi connectivity index (χ2n) is 6.58. The van der Waals surface area contributed by atoms with E-state index < -0.39 is 10.0 Å². The number of amides is 1. The number of rotatable bonds is 7. The molecule has 0 saturated carbocycles. The first kappa shape index (κ1) is 21.0. The maximum absolute atomic E-state index is 12.3. The molecule has 1 saturated heterocycles. The van der Waals surface area contributed by atoms with Crippen LogP contribution < -0.4 is 9.62 Å². The summed E-state index contributed by atoms with van der Waals surface area (Å²) in [6, 6.07) is 14.5. The van der Waals surface area contributed by atoms with Gasteiger partial charge in [-0.25, -0.2) is 8.42 Å². The Labute approximate surface area is 175 Å². The van der Waals surface area contributed by atoms with Crippen molar-refractivity contribution in [2.75, 3.05) is 28.9 Å². The van der Waals surface area contributed by atoms with Gasteiger partial charge < -0.3 is 5.32 Å². The summed E-state index contributed by atoms with van der Waals surface area (Å²) in [4.78, 5) is 12.3. The van der Waals surface area contributed by atoms with Crippen LogP contribution in [-0.2, 0) is 15.8 Å². The second-order valence-corrected chi connectivity index (χ2v) is 10.1. The van der Waals surface area contributed by atoms with Crippen molar-refractivity contribution >= 4 is 45.0 Å². The number of sulfonamides is 1. The summed E-state index contributed by atoms with van der Waals surface area (Å²) in [6.07, 6.45) is 1.56. The number of nitrogens with one attached hydrogen (secondary N) is 1. The van der Waals surface area contributed by atoms with Crippen LogP contribution in [0.15, 0.2) is 48.5 Å². The van der Waals surface area contributed by atoms with Gasteiger partial charge in [0.1, 0.15) is 0 Å². The average Bonchev–Trinajstić information content (AvgIpc) is 2.67. The fourth-order valence-electron chi connectivity index (χ4n) is 3.01. The first-order valence-electron chi connectivity index (χ1n) is 9.16. The highest BCUT2D eigenvalue weighted by molar-refractivity contribution is 7.98. The standard InChI is InChI=1S/C20H23ClN2O3S2/c21-18-5-3-4-16(14-18)15-27-12-10-22-20(24)17-6-8-19(9-7-17)23-11-1-2-13-28(23,25)26/h3-9,14H,1-2,10-13,15H2,(H,22,24). The molecule has 0 aromatic heterocycles. The van der Waals surface area contributed by atoms with Gasteiger partial charge in [0.2, 0.25) is 10.0 Å². The van der Waals surface area contributed by atoms with Gasteiger partial charge in [-0.1, -0.05) is 23.7 Å². The first-order valence-corrected chi connectivity index (χ1v) is 12.3. The van der Waals surface area contributed by atoms with Crippen LogP contribution in [0.2, 0.25) is 5.02 Å². The molecule has 2 aromatic rings. The number of thioether (sulfide) groups is 1. The van der Waals surface area contributed by atoms with Crippen molar-refractivity contribution < 1.29 is 13.2 Å². The molecule has 150 valence electrons. The van der Waals surface area contributed by atoms with Crippen molar-refractivity contribution in [1.82, 2.24) is 5.32 Å². The van der Waals surface area contributed by atoms with Crippen LogP contribution in [0.3, 0.4) is 0 Å². The van der Waals surface area contributed by atoms with Crippen molar-refractivity contribution in [3.63, 3.8) is 0 Å². The van der Waals surface area contributed by atoms with Crippen LogP contribution in [0.4, 0.5) is 5.69 Å². The highest BCUT2D eigenvalue weighted by Gasteiger charge is 2.25. The number of anilines is 1. The van der Waals surface area contributed by atoms with Gasteiger partial charge in [0.25, 0.3) is 5.91 Å². The minimum Gasteiger partial charge on any atom is -0.351 e. The molecule has 0 radical (unpaired) electrons. The van der Waals surface area contributed by atoms with Crippen LogP contribution in [-0.4, -0.2) is 38.9 Å². The summed E-state index contributed by atoms with van der Waals surface area (Å²) < 4.78 is 25.8. The lowest BCUT2D eigenvalue weighted by molar-refractivity contribution is 0.0956. The van der Waals surface area contributed by atoms with E-state index in [1.807, 2.05) is 24.3 Å². The topological polar surface area (TPSA) is 66.5 Å². The Bertz CT molecular complexity index is 917. The molecule has 1 aliphatic rings. The number of hydrogen-bond donors (Lipinski definition) is 1. The van der Waals surface area contributed by atoms with Crippen LogP contribution in [0.1, 0.15) is 28.8 Å². The third kappa shape index (κ3) is 5.65. The van der Waals surface area contributed by atoms with E-state index in [0.717, 1.165) is 28.5 Å². The molecule has 1 heterocycles. The van der Waals surface area contributed by atoms with Gasteiger partial charge in [0.05, 0.1) is 11.4 Å². The Kier molecular flexibility index (Phi) is 7.26. The Hall–Kier alpha value is -1.70. The minimum atomic E-state index is -3.23. The summed E-state index contributed by atoms with van der Waals surface area (Å²) in [6.45, 7) is 1.06. The Morgan fingerprint density at radius 1 is 1.14 bits per heavy atom. The van der Waals surface area contributed by atoms with Crippen LogP contribution >= 0.6 is 23.4 Å². The molecule has 8 heteroatoms. The zero-order chi connectivity index (χ0) is 20.0. The lowest BCUT2D eigenvalue weighted by atomic mass is 10.2. The van der Waals surface area contributed by atoms with E-state index in [1.165, 1.54) is 4.31 Å². The number of nitrogens with zero attached hydrogens (tertiary/aromatic N) is 1. The number of carbonyl (C=O) groups excluding carboxylic acids is 1. The van der Waals surface area contributed by atoms with E-state index >= 15 is 0 Å². The molecule has 0 spiro atoms. The Balaban J connectivity index is 1.45. The van der Waals surface area contributed by atoms with Gasteiger partial charge in [0, 0.05) is 35.2 Å². The largest absolute Gasteiger partial charge is 0.351 e. The van der Waals surface area contributed by atoms with E-state index in [9.17, 15) is 13.2 Å². The van der Waals surface area contributed by atoms with Crippen molar-refractivity contribution in [2.24, 2.45) is 0 Å². The second kappa shape index (κ2) is 9.67. The minimum absolute atomic E-state index is 0.156. The van der Waals surface area contributed by atoms with Crippen LogP contribution in [0.5, 0.6) is 0 Å². The van der Waals surface area contributed by atoms with E-state index in [1.54, 1.807) is 36.0 Å². The van der Waals surface area contributed by atoms with Gasteiger partial charge in [-0.05, 0) is 54.8 Å². The fraction of sp³-hybridized carbons (Fsp3) is 0.350. The van der Waals surface area contributed by atoms with E-state index in [2.05, 4.69) is 5.32 Å². The molecule has 0 aliphatic carbocycles. The molecule has 1 fully saturated rings. The summed E-state index contributed by atoms with van der Waals surface area (Å²) in [5, 5.41) is 3.62. The summed E-state index contributed by atoms with van der Waals surface area (Å²) >= 11 is 7.69. The average molecular weight is 439 g/mol. The zero-order valence-corrected chi connectivity index (χ0v) is 17.8. The number of carbonyl (C=O) groups is 1. The molecule has 28 heavy (non-hydrogen) atoms. The van der Waals surface area contributed by atoms with E-state index in [-0.39, 0.29) is 11.7 Å². The molecule has 0 atom stereocenters. The number of benzene rings is 2. The van der Waals surface area contributed by atoms with Gasteiger partial charge in [-0.15, -0.1) is 0 Å². The molecule has 0 unspecified atom stereocenters. The molecular formula is C20H23ClN2O3S2. The molecular weight excluding hydrogens is 416 g/mol. The summed E-state index contributed by atoms with van der Waals surface area (Å²) in [5.41, 5.74) is 2.30. The monoisotopic (exact) mass is 438 g/mol. The van der Waals surface area contributed by atoms with Crippen molar-refractivity contribution in [3.8, 4) is 0 Å². The van der Waals surface area contributed by atoms with Crippen LogP contribution in [0, 0.1) is 0 Å². The third-order valence-corrected chi connectivity index (χ3v) is 7.59. The van der Waals surface area contributed by atoms with Crippen molar-refractivity contribution in [2.45, 2.75) is 18.6 Å². The van der Waals surface area contributed by atoms with Gasteiger partial charge in [-0.3, -0.25) is 9.10 Å². The van der Waals surface area contributed by atoms with Gasteiger partial charge in [0.15, 0.2) is 0 Å². The Morgan fingerprint density at radius 3 is 2.64 bits per heavy atom. The summed E-state index contributed by atoms with van der Waals surface area (Å²) in [5.74, 6) is 1.66. The zero-order valence-electron chi connectivity index (χ0n) is 15.4. The normalized spacial score (nSPS) is 16.0. The number of hydrogen-bond acceptors (Lipinski definition) is 4. The van der Waals surface area contributed by atoms with Gasteiger partial charge in [-0.2, -0.15) is 11.8 Å².